The van der Waals surface area contributed by atoms with E-state index in [2.05, 4.69) is 6.07 Å². The molecular formula is C15H11O3S. The molecule has 3 nitrogen and oxygen atoms in total. The Bertz CT molecular complexity index is 811. The number of rotatable bonds is 2. The van der Waals surface area contributed by atoms with Gasteiger partial charge in [0.2, 0.25) is 0 Å². The van der Waals surface area contributed by atoms with E-state index in [0.29, 0.717) is 11.3 Å². The number of furan rings is 1. The van der Waals surface area contributed by atoms with E-state index in [0.717, 1.165) is 11.0 Å². The molecule has 3 aromatic rings. The Hall–Kier alpha value is -2.07. The van der Waals surface area contributed by atoms with Gasteiger partial charge in [-0.3, -0.25) is 0 Å². The molecule has 0 amide bonds. The fraction of sp³-hybridized carbons (Fsp3) is 0.0667. The van der Waals surface area contributed by atoms with Gasteiger partial charge in [0.15, 0.2) is 9.84 Å². The highest BCUT2D eigenvalue weighted by atomic mass is 32.2. The highest BCUT2D eigenvalue weighted by Crippen LogP contribution is 2.31. The van der Waals surface area contributed by atoms with Crippen LogP contribution >= 0.6 is 0 Å². The summed E-state index contributed by atoms with van der Waals surface area (Å²) in [6.07, 6.45) is 1.17. The normalized spacial score (nSPS) is 11.8. The Kier molecular flexibility index (Phi) is 2.68. The smallest absolute Gasteiger partial charge is 0.176 e. The number of fused-ring (bicyclic) bond motifs is 1. The van der Waals surface area contributed by atoms with E-state index in [9.17, 15) is 8.42 Å². The van der Waals surface area contributed by atoms with Crippen LogP contribution in [-0.2, 0) is 9.84 Å². The van der Waals surface area contributed by atoms with Crippen LogP contribution in [0.1, 0.15) is 0 Å². The summed E-state index contributed by atoms with van der Waals surface area (Å²) >= 11 is 0. The lowest BCUT2D eigenvalue weighted by molar-refractivity contribution is 0.599. The zero-order chi connectivity index (χ0) is 13.5. The SMILES string of the molecule is CS(=O)(=O)c1[c]cccc1-c1cc2ccccc2o1. The summed E-state index contributed by atoms with van der Waals surface area (Å²) in [7, 11) is -3.33. The van der Waals surface area contributed by atoms with Gasteiger partial charge in [0, 0.05) is 23.3 Å². The number of para-hydroxylation sites is 1. The van der Waals surface area contributed by atoms with Gasteiger partial charge in [-0.15, -0.1) is 0 Å². The molecule has 1 heterocycles. The lowest BCUT2D eigenvalue weighted by atomic mass is 10.1. The van der Waals surface area contributed by atoms with Crippen molar-refractivity contribution in [3.05, 3.63) is 54.6 Å². The Labute approximate surface area is 111 Å². The van der Waals surface area contributed by atoms with Crippen molar-refractivity contribution in [3.8, 4) is 11.3 Å². The second-order valence-electron chi connectivity index (χ2n) is 4.33. The minimum atomic E-state index is -3.33. The van der Waals surface area contributed by atoms with Gasteiger partial charge in [0.1, 0.15) is 11.3 Å². The third-order valence-electron chi connectivity index (χ3n) is 2.88. The average molecular weight is 271 g/mol. The minimum absolute atomic E-state index is 0.161. The Balaban J connectivity index is 2.27. The van der Waals surface area contributed by atoms with E-state index in [1.165, 1.54) is 6.26 Å². The first-order valence-corrected chi connectivity index (χ1v) is 7.64. The van der Waals surface area contributed by atoms with Gasteiger partial charge in [0.05, 0.1) is 4.90 Å². The van der Waals surface area contributed by atoms with Crippen molar-refractivity contribution in [1.82, 2.24) is 0 Å². The summed E-state index contributed by atoms with van der Waals surface area (Å²) in [5.74, 6) is 0.540. The molecule has 2 aromatic carbocycles. The van der Waals surface area contributed by atoms with Crippen molar-refractivity contribution in [2.24, 2.45) is 0 Å². The first kappa shape index (κ1) is 12.0. The van der Waals surface area contributed by atoms with E-state index in [-0.39, 0.29) is 4.90 Å². The first-order chi connectivity index (χ1) is 9.05. The zero-order valence-corrected chi connectivity index (χ0v) is 11.1. The minimum Gasteiger partial charge on any atom is -0.456 e. The van der Waals surface area contributed by atoms with Crippen LogP contribution in [-0.4, -0.2) is 14.7 Å². The van der Waals surface area contributed by atoms with Gasteiger partial charge in [0.25, 0.3) is 0 Å². The second-order valence-corrected chi connectivity index (χ2v) is 6.29. The van der Waals surface area contributed by atoms with Crippen molar-refractivity contribution >= 4 is 20.8 Å². The van der Waals surface area contributed by atoms with Crippen LogP contribution in [0.3, 0.4) is 0 Å². The maximum Gasteiger partial charge on any atom is 0.176 e. The molecule has 4 heteroatoms. The standard InChI is InChI=1S/C15H11O3S/c1-19(16,17)15-9-5-3-7-12(15)14-10-11-6-2-4-8-13(11)18-14/h2-8,10H,1H3. The molecule has 0 aliphatic carbocycles. The molecule has 0 saturated carbocycles. The zero-order valence-electron chi connectivity index (χ0n) is 10.3. The van der Waals surface area contributed by atoms with Crippen molar-refractivity contribution < 1.29 is 12.8 Å². The van der Waals surface area contributed by atoms with Crippen molar-refractivity contribution in [2.75, 3.05) is 6.26 Å². The largest absolute Gasteiger partial charge is 0.456 e. The van der Waals surface area contributed by atoms with Gasteiger partial charge in [-0.1, -0.05) is 30.3 Å². The molecule has 0 aliphatic heterocycles. The van der Waals surface area contributed by atoms with E-state index in [1.54, 1.807) is 18.2 Å². The van der Waals surface area contributed by atoms with Gasteiger partial charge >= 0.3 is 0 Å². The fourth-order valence-electron chi connectivity index (χ4n) is 2.04. The summed E-state index contributed by atoms with van der Waals surface area (Å²) in [5, 5.41) is 0.945. The molecule has 3 rings (SSSR count). The third-order valence-corrected chi connectivity index (χ3v) is 3.96. The van der Waals surface area contributed by atoms with Crippen LogP contribution in [0.2, 0.25) is 0 Å². The van der Waals surface area contributed by atoms with Crippen LogP contribution in [0.25, 0.3) is 22.3 Å². The molecule has 0 fully saturated rings. The summed E-state index contributed by atoms with van der Waals surface area (Å²) in [4.78, 5) is 0.161. The number of hydrogen-bond acceptors (Lipinski definition) is 3. The highest BCUT2D eigenvalue weighted by molar-refractivity contribution is 7.90. The van der Waals surface area contributed by atoms with Crippen molar-refractivity contribution in [2.45, 2.75) is 4.90 Å². The fourth-order valence-corrected chi connectivity index (χ4v) is 2.89. The van der Waals surface area contributed by atoms with E-state index >= 15 is 0 Å². The molecule has 1 radical (unpaired) electrons. The van der Waals surface area contributed by atoms with Crippen LogP contribution in [0.15, 0.2) is 57.8 Å². The van der Waals surface area contributed by atoms with Gasteiger partial charge in [-0.2, -0.15) is 0 Å². The van der Waals surface area contributed by atoms with Gasteiger partial charge in [-0.05, 0) is 18.2 Å². The quantitative estimate of drug-likeness (QED) is 0.718. The Morgan fingerprint density at radius 3 is 2.63 bits per heavy atom. The molecular weight excluding hydrogens is 260 g/mol. The van der Waals surface area contributed by atoms with Crippen LogP contribution in [0.5, 0.6) is 0 Å². The van der Waals surface area contributed by atoms with E-state index in [4.69, 9.17) is 4.42 Å². The monoisotopic (exact) mass is 271 g/mol. The van der Waals surface area contributed by atoms with E-state index in [1.807, 2.05) is 30.3 Å². The van der Waals surface area contributed by atoms with Crippen LogP contribution in [0.4, 0.5) is 0 Å². The van der Waals surface area contributed by atoms with Crippen LogP contribution < -0.4 is 0 Å². The summed E-state index contributed by atoms with van der Waals surface area (Å²) in [6.45, 7) is 0. The third kappa shape index (κ3) is 2.15. The van der Waals surface area contributed by atoms with Crippen molar-refractivity contribution in [3.63, 3.8) is 0 Å². The van der Waals surface area contributed by atoms with Gasteiger partial charge < -0.3 is 4.42 Å². The lowest BCUT2D eigenvalue weighted by Gasteiger charge is -2.03. The Morgan fingerprint density at radius 1 is 1.11 bits per heavy atom. The predicted molar refractivity (Wildman–Crippen MR) is 73.6 cm³/mol. The lowest BCUT2D eigenvalue weighted by Crippen LogP contribution is -1.99. The molecule has 19 heavy (non-hydrogen) atoms. The second kappa shape index (κ2) is 4.24. The molecule has 1 aromatic heterocycles. The molecule has 0 aliphatic rings. The van der Waals surface area contributed by atoms with Crippen LogP contribution in [0, 0.1) is 6.07 Å². The van der Waals surface area contributed by atoms with E-state index < -0.39 is 9.84 Å². The molecule has 0 bridgehead atoms. The number of benzene rings is 2. The average Bonchev–Trinajstić information content (AvgIpc) is 2.81. The molecule has 0 unspecified atom stereocenters. The van der Waals surface area contributed by atoms with Gasteiger partial charge in [-0.25, -0.2) is 8.42 Å². The molecule has 0 N–H and O–H groups in total. The summed E-state index contributed by atoms with van der Waals surface area (Å²) in [5.41, 5.74) is 1.28. The summed E-state index contributed by atoms with van der Waals surface area (Å²) in [6, 6.07) is 17.2. The first-order valence-electron chi connectivity index (χ1n) is 5.75. The maximum absolute atomic E-state index is 11.8. The Morgan fingerprint density at radius 2 is 1.89 bits per heavy atom. The highest BCUT2D eigenvalue weighted by Gasteiger charge is 2.17. The number of sulfone groups is 1. The molecule has 95 valence electrons. The topological polar surface area (TPSA) is 47.3 Å². The molecule has 0 spiro atoms. The summed E-state index contributed by atoms with van der Waals surface area (Å²) < 4.78 is 29.2. The molecule has 0 atom stereocenters. The predicted octanol–water partition coefficient (Wildman–Crippen LogP) is 3.30. The molecule has 0 saturated heterocycles. The maximum atomic E-state index is 11.8. The number of hydrogen-bond donors (Lipinski definition) is 0. The van der Waals surface area contributed by atoms with Crippen molar-refractivity contribution in [1.29, 1.82) is 0 Å².